The Bertz CT molecular complexity index is 1040. The van der Waals surface area contributed by atoms with Gasteiger partial charge in [-0.1, -0.05) is 53.9 Å². The largest absolute Gasteiger partial charge is 0.481 e. The predicted molar refractivity (Wildman–Crippen MR) is 137 cm³/mol. The number of nitrogens with zero attached hydrogens (tertiary/aromatic N) is 4. The van der Waals surface area contributed by atoms with Crippen molar-refractivity contribution in [3.05, 3.63) is 23.3 Å². The van der Waals surface area contributed by atoms with Gasteiger partial charge in [0, 0.05) is 37.7 Å². The number of carboxylic acid groups (broad SMARTS) is 2. The maximum Gasteiger partial charge on any atom is 0.407 e. The Kier molecular flexibility index (Phi) is 9.47. The second-order valence-electron chi connectivity index (χ2n) is 11.3. The smallest absolute Gasteiger partial charge is 0.407 e. The number of likely N-dealkylation sites (tertiary alicyclic amines) is 1. The van der Waals surface area contributed by atoms with Crippen LogP contribution >= 0.6 is 0 Å². The molecule has 1 saturated heterocycles. The number of aliphatic carboxylic acids is 1. The van der Waals surface area contributed by atoms with E-state index in [1.54, 1.807) is 4.90 Å². The molecule has 1 fully saturated rings. The highest BCUT2D eigenvalue weighted by Crippen LogP contribution is 2.33. The van der Waals surface area contributed by atoms with Gasteiger partial charge in [-0.25, -0.2) is 14.8 Å². The summed E-state index contributed by atoms with van der Waals surface area (Å²) < 4.78 is 0. The lowest BCUT2D eigenvalue weighted by atomic mass is 9.79. The third kappa shape index (κ3) is 7.19. The molecule has 1 aromatic heterocycles. The van der Waals surface area contributed by atoms with Crippen molar-refractivity contribution in [2.24, 2.45) is 11.3 Å². The van der Waals surface area contributed by atoms with Crippen LogP contribution in [0, 0.1) is 23.2 Å². The molecule has 2 N–H and O–H groups in total. The van der Waals surface area contributed by atoms with Gasteiger partial charge in [-0.15, -0.1) is 0 Å². The second-order valence-corrected chi connectivity index (χ2v) is 11.3. The highest BCUT2D eigenvalue weighted by molar-refractivity contribution is 5.96. The summed E-state index contributed by atoms with van der Waals surface area (Å²) in [6.45, 7) is 13.7. The molecule has 0 bridgehead atoms. The van der Waals surface area contributed by atoms with E-state index in [2.05, 4.69) is 28.7 Å². The molecule has 0 aliphatic carbocycles. The molecule has 2 rings (SSSR count). The van der Waals surface area contributed by atoms with Crippen LogP contribution in [0.15, 0.2) is 6.20 Å². The van der Waals surface area contributed by atoms with Crippen molar-refractivity contribution in [1.82, 2.24) is 19.8 Å². The number of piperidine rings is 1. The minimum Gasteiger partial charge on any atom is -0.481 e. The van der Waals surface area contributed by atoms with Gasteiger partial charge in [-0.2, -0.15) is 0 Å². The third-order valence-electron chi connectivity index (χ3n) is 6.26. The minimum atomic E-state index is -1.31. The standard InChI is InChI=1S/C27H40N4O5/c1-8-9-10-11-12-21-20(14-28-23(29-21)26(4,5)6)22(32)31(15-18(2)3)19-13-27(7,24(33)34)17-30(16-19)25(35)36/h14,18-19H,8-10,13,15-17H2,1-7H3,(H,33,34)(H,35,36)/t19-,27+/m0/s1. The number of carbonyl (C=O) groups is 3. The molecule has 0 radical (unpaired) electrons. The zero-order valence-corrected chi connectivity index (χ0v) is 22.6. The molecular formula is C27H40N4O5. The zero-order chi connectivity index (χ0) is 27.3. The Morgan fingerprint density at radius 2 is 1.94 bits per heavy atom. The second kappa shape index (κ2) is 11.7. The highest BCUT2D eigenvalue weighted by Gasteiger charge is 2.46. The Hall–Kier alpha value is -3.15. The first-order chi connectivity index (χ1) is 16.7. The fraction of sp³-hybridized carbons (Fsp3) is 0.667. The van der Waals surface area contributed by atoms with E-state index >= 15 is 0 Å². The number of carbonyl (C=O) groups excluding carboxylic acids is 1. The number of hydrogen-bond donors (Lipinski definition) is 2. The molecule has 2 amide bonds. The lowest BCUT2D eigenvalue weighted by molar-refractivity contribution is -0.152. The van der Waals surface area contributed by atoms with Gasteiger partial charge in [0.25, 0.3) is 5.91 Å². The van der Waals surface area contributed by atoms with Crippen molar-refractivity contribution in [1.29, 1.82) is 0 Å². The van der Waals surface area contributed by atoms with Crippen molar-refractivity contribution < 1.29 is 24.6 Å². The first kappa shape index (κ1) is 29.1. The van der Waals surface area contributed by atoms with E-state index in [1.807, 2.05) is 34.6 Å². The monoisotopic (exact) mass is 500 g/mol. The minimum absolute atomic E-state index is 0.0368. The SMILES string of the molecule is CCCCC#Cc1nc(C(C)(C)C)ncc1C(=O)N(CC(C)C)[C@@H]1CN(C(=O)O)C[C@](C)(C(=O)O)C1. The van der Waals surface area contributed by atoms with Crippen molar-refractivity contribution in [2.75, 3.05) is 19.6 Å². The van der Waals surface area contributed by atoms with Crippen LogP contribution < -0.4 is 0 Å². The van der Waals surface area contributed by atoms with Gasteiger partial charge in [0.1, 0.15) is 11.5 Å². The fourth-order valence-corrected chi connectivity index (χ4v) is 4.25. The number of unbranched alkanes of at least 4 members (excludes halogenated alkanes) is 2. The molecule has 0 unspecified atom stereocenters. The van der Waals surface area contributed by atoms with Crippen molar-refractivity contribution in [2.45, 2.75) is 85.6 Å². The summed E-state index contributed by atoms with van der Waals surface area (Å²) in [7, 11) is 0. The molecule has 0 saturated carbocycles. The summed E-state index contributed by atoms with van der Waals surface area (Å²) in [6, 6.07) is -0.617. The number of carboxylic acids is 1. The van der Waals surface area contributed by atoms with Gasteiger partial charge < -0.3 is 20.0 Å². The maximum atomic E-state index is 14.0. The van der Waals surface area contributed by atoms with E-state index in [1.165, 1.54) is 13.1 Å². The summed E-state index contributed by atoms with van der Waals surface area (Å²) in [5.74, 6) is 5.36. The average molecular weight is 501 g/mol. The van der Waals surface area contributed by atoms with Crippen molar-refractivity contribution in [3.8, 4) is 11.8 Å². The molecule has 2 heterocycles. The van der Waals surface area contributed by atoms with Gasteiger partial charge in [-0.05, 0) is 31.6 Å². The van der Waals surface area contributed by atoms with E-state index in [0.29, 0.717) is 24.5 Å². The average Bonchev–Trinajstić information content (AvgIpc) is 2.78. The molecule has 1 aliphatic rings. The van der Waals surface area contributed by atoms with Crippen LogP contribution in [-0.2, 0) is 10.2 Å². The Balaban J connectivity index is 2.57. The predicted octanol–water partition coefficient (Wildman–Crippen LogP) is 4.26. The Morgan fingerprint density at radius 1 is 1.28 bits per heavy atom. The van der Waals surface area contributed by atoms with Crippen LogP contribution in [-0.4, -0.2) is 73.6 Å². The molecule has 9 heteroatoms. The van der Waals surface area contributed by atoms with E-state index in [4.69, 9.17) is 0 Å². The molecule has 9 nitrogen and oxygen atoms in total. The van der Waals surface area contributed by atoms with E-state index in [0.717, 1.165) is 17.7 Å². The van der Waals surface area contributed by atoms with E-state index in [9.17, 15) is 24.6 Å². The summed E-state index contributed by atoms with van der Waals surface area (Å²) >= 11 is 0. The van der Waals surface area contributed by atoms with Crippen molar-refractivity contribution >= 4 is 18.0 Å². The Morgan fingerprint density at radius 3 is 2.47 bits per heavy atom. The normalized spacial score (nSPS) is 20.0. The number of hydrogen-bond acceptors (Lipinski definition) is 5. The number of amides is 2. The number of aromatic nitrogens is 2. The summed E-state index contributed by atoms with van der Waals surface area (Å²) in [5, 5.41) is 19.5. The lowest BCUT2D eigenvalue weighted by Crippen LogP contribution is -2.59. The van der Waals surface area contributed by atoms with E-state index in [-0.39, 0.29) is 42.3 Å². The van der Waals surface area contributed by atoms with Crippen LogP contribution in [0.4, 0.5) is 4.79 Å². The quantitative estimate of drug-likeness (QED) is 0.423. The molecule has 0 spiro atoms. The first-order valence-electron chi connectivity index (χ1n) is 12.6. The summed E-state index contributed by atoms with van der Waals surface area (Å²) in [5.41, 5.74) is -1.06. The molecule has 2 atom stereocenters. The van der Waals surface area contributed by atoms with Crippen LogP contribution in [0.25, 0.3) is 0 Å². The van der Waals surface area contributed by atoms with Gasteiger partial charge in [0.05, 0.1) is 17.0 Å². The van der Waals surface area contributed by atoms with Gasteiger partial charge in [0.2, 0.25) is 0 Å². The van der Waals surface area contributed by atoms with Crippen LogP contribution in [0.2, 0.25) is 0 Å². The summed E-state index contributed by atoms with van der Waals surface area (Å²) in [6.07, 6.45) is 3.06. The lowest BCUT2D eigenvalue weighted by Gasteiger charge is -2.45. The zero-order valence-electron chi connectivity index (χ0n) is 22.6. The van der Waals surface area contributed by atoms with Gasteiger partial charge >= 0.3 is 12.1 Å². The van der Waals surface area contributed by atoms with Gasteiger partial charge in [-0.3, -0.25) is 9.59 Å². The number of rotatable bonds is 7. The Labute approximate surface area is 214 Å². The van der Waals surface area contributed by atoms with E-state index < -0.39 is 23.5 Å². The molecule has 198 valence electrons. The fourth-order valence-electron chi connectivity index (χ4n) is 4.25. The molecule has 1 aliphatic heterocycles. The van der Waals surface area contributed by atoms with Crippen molar-refractivity contribution in [3.63, 3.8) is 0 Å². The first-order valence-corrected chi connectivity index (χ1v) is 12.6. The van der Waals surface area contributed by atoms with Gasteiger partial charge in [0.15, 0.2) is 0 Å². The molecule has 0 aromatic carbocycles. The van der Waals surface area contributed by atoms with Crippen LogP contribution in [0.3, 0.4) is 0 Å². The highest BCUT2D eigenvalue weighted by atomic mass is 16.4. The third-order valence-corrected chi connectivity index (χ3v) is 6.26. The molecular weight excluding hydrogens is 460 g/mol. The molecule has 1 aromatic rings. The van der Waals surface area contributed by atoms with Crippen LogP contribution in [0.5, 0.6) is 0 Å². The topological polar surface area (TPSA) is 124 Å². The molecule has 36 heavy (non-hydrogen) atoms. The summed E-state index contributed by atoms with van der Waals surface area (Å²) in [4.78, 5) is 49.7. The van der Waals surface area contributed by atoms with Crippen LogP contribution in [0.1, 0.15) is 96.0 Å². The maximum absolute atomic E-state index is 14.0.